The second-order valence-electron chi connectivity index (χ2n) is 3.48. The Labute approximate surface area is 68.5 Å². The molecule has 1 rings (SSSR count). The van der Waals surface area contributed by atoms with Gasteiger partial charge in [-0.25, -0.2) is 0 Å². The van der Waals surface area contributed by atoms with E-state index >= 15 is 0 Å². The molecule has 0 aromatic heterocycles. The third kappa shape index (κ3) is 1.52. The van der Waals surface area contributed by atoms with Gasteiger partial charge in [0, 0.05) is 5.41 Å². The van der Waals surface area contributed by atoms with Crippen LogP contribution in [0.3, 0.4) is 0 Å². The zero-order valence-corrected chi connectivity index (χ0v) is 7.23. The topological polar surface area (TPSA) is 17.1 Å². The molecule has 0 aliphatic heterocycles. The minimum atomic E-state index is -0.155. The zero-order valence-electron chi connectivity index (χ0n) is 7.23. The Morgan fingerprint density at radius 2 is 1.91 bits per heavy atom. The van der Waals surface area contributed by atoms with Gasteiger partial charge in [0.25, 0.3) is 0 Å². The Balaban J connectivity index is 2.72. The molecular formula is C10H16O. The first-order chi connectivity index (χ1) is 5.21. The van der Waals surface area contributed by atoms with Crippen LogP contribution in [-0.4, -0.2) is 5.78 Å². The van der Waals surface area contributed by atoms with E-state index in [0.29, 0.717) is 5.78 Å². The molecule has 1 fully saturated rings. The predicted molar refractivity (Wildman–Crippen MR) is 46.4 cm³/mol. The van der Waals surface area contributed by atoms with Crippen LogP contribution in [0.25, 0.3) is 0 Å². The van der Waals surface area contributed by atoms with Gasteiger partial charge < -0.3 is 0 Å². The first-order valence-electron chi connectivity index (χ1n) is 4.36. The third-order valence-electron chi connectivity index (χ3n) is 2.84. The van der Waals surface area contributed by atoms with Crippen molar-refractivity contribution in [1.29, 1.82) is 0 Å². The van der Waals surface area contributed by atoms with Crippen LogP contribution in [0, 0.1) is 5.41 Å². The monoisotopic (exact) mass is 152 g/mol. The Hall–Kier alpha value is -0.590. The van der Waals surface area contributed by atoms with Crippen LogP contribution in [-0.2, 0) is 4.79 Å². The summed E-state index contributed by atoms with van der Waals surface area (Å²) in [7, 11) is 0. The van der Waals surface area contributed by atoms with Crippen LogP contribution >= 0.6 is 0 Å². The summed E-state index contributed by atoms with van der Waals surface area (Å²) in [6, 6.07) is 0. The summed E-state index contributed by atoms with van der Waals surface area (Å²) in [5.74, 6) is 0.298. The molecule has 0 unspecified atom stereocenters. The van der Waals surface area contributed by atoms with Gasteiger partial charge in [0.2, 0.25) is 0 Å². The van der Waals surface area contributed by atoms with E-state index in [9.17, 15) is 4.79 Å². The van der Waals surface area contributed by atoms with E-state index in [1.165, 1.54) is 19.3 Å². The summed E-state index contributed by atoms with van der Waals surface area (Å²) in [4.78, 5) is 11.3. The minimum Gasteiger partial charge on any atom is -0.299 e. The van der Waals surface area contributed by atoms with Crippen LogP contribution < -0.4 is 0 Å². The summed E-state index contributed by atoms with van der Waals surface area (Å²) >= 11 is 0. The Morgan fingerprint density at radius 1 is 1.36 bits per heavy atom. The van der Waals surface area contributed by atoms with Crippen LogP contribution in [0.4, 0.5) is 0 Å². The molecule has 1 heteroatoms. The molecule has 0 aromatic carbocycles. The minimum absolute atomic E-state index is 0.155. The van der Waals surface area contributed by atoms with Gasteiger partial charge in [0.1, 0.15) is 5.78 Å². The number of allylic oxidation sites excluding steroid dienone is 1. The van der Waals surface area contributed by atoms with Crippen LogP contribution in [0.5, 0.6) is 0 Å². The molecule has 0 atom stereocenters. The zero-order chi connectivity index (χ0) is 8.32. The van der Waals surface area contributed by atoms with E-state index in [1.54, 1.807) is 6.92 Å². The lowest BCUT2D eigenvalue weighted by Gasteiger charge is -2.31. The highest BCUT2D eigenvalue weighted by atomic mass is 16.1. The molecule has 11 heavy (non-hydrogen) atoms. The second kappa shape index (κ2) is 3.21. The summed E-state index contributed by atoms with van der Waals surface area (Å²) in [5.41, 5.74) is -0.155. The fourth-order valence-electron chi connectivity index (χ4n) is 1.88. The van der Waals surface area contributed by atoms with E-state index in [0.717, 1.165) is 12.8 Å². The maximum Gasteiger partial charge on any atom is 0.139 e. The van der Waals surface area contributed by atoms with E-state index in [-0.39, 0.29) is 5.41 Å². The molecule has 0 spiro atoms. The number of carbonyl (C=O) groups is 1. The lowest BCUT2D eigenvalue weighted by atomic mass is 9.72. The summed E-state index contributed by atoms with van der Waals surface area (Å²) in [5, 5.41) is 0. The fraction of sp³-hybridized carbons (Fsp3) is 0.700. The molecule has 0 heterocycles. The van der Waals surface area contributed by atoms with Gasteiger partial charge in [-0.3, -0.25) is 4.79 Å². The highest BCUT2D eigenvalue weighted by molar-refractivity contribution is 5.84. The highest BCUT2D eigenvalue weighted by Crippen LogP contribution is 2.37. The molecular weight excluding hydrogens is 136 g/mol. The molecule has 0 N–H and O–H groups in total. The molecule has 0 aromatic rings. The molecule has 1 saturated carbocycles. The Morgan fingerprint density at radius 3 is 2.18 bits per heavy atom. The fourth-order valence-corrected chi connectivity index (χ4v) is 1.88. The number of Topliss-reactive ketones (excluding diaryl/α,β-unsaturated/α-hetero) is 1. The van der Waals surface area contributed by atoms with Gasteiger partial charge in [-0.2, -0.15) is 0 Å². The van der Waals surface area contributed by atoms with E-state index in [1.807, 2.05) is 6.08 Å². The number of ketones is 1. The standard InChI is InChI=1S/C10H16O/c1-3-10(9(2)11)7-5-4-6-8-10/h3H,1,4-8H2,2H3. The SMILES string of the molecule is C=CC1(C(C)=O)CCCCC1. The summed E-state index contributed by atoms with van der Waals surface area (Å²) in [6.45, 7) is 5.44. The molecule has 0 bridgehead atoms. The van der Waals surface area contributed by atoms with Crippen LogP contribution in [0.1, 0.15) is 39.0 Å². The molecule has 0 radical (unpaired) electrons. The lowest BCUT2D eigenvalue weighted by molar-refractivity contribution is -0.125. The van der Waals surface area contributed by atoms with Gasteiger partial charge in [-0.15, -0.1) is 6.58 Å². The maximum atomic E-state index is 11.3. The van der Waals surface area contributed by atoms with Gasteiger partial charge in [0.15, 0.2) is 0 Å². The normalized spacial score (nSPS) is 22.6. The second-order valence-corrected chi connectivity index (χ2v) is 3.48. The highest BCUT2D eigenvalue weighted by Gasteiger charge is 2.32. The van der Waals surface area contributed by atoms with E-state index in [2.05, 4.69) is 6.58 Å². The largest absolute Gasteiger partial charge is 0.299 e. The molecule has 1 nitrogen and oxygen atoms in total. The summed E-state index contributed by atoms with van der Waals surface area (Å²) in [6.07, 6.45) is 7.55. The number of hydrogen-bond donors (Lipinski definition) is 0. The van der Waals surface area contributed by atoms with Gasteiger partial charge >= 0.3 is 0 Å². The van der Waals surface area contributed by atoms with Crippen molar-refractivity contribution in [2.45, 2.75) is 39.0 Å². The molecule has 1 aliphatic carbocycles. The number of carbonyl (C=O) groups excluding carboxylic acids is 1. The van der Waals surface area contributed by atoms with E-state index in [4.69, 9.17) is 0 Å². The first kappa shape index (κ1) is 8.51. The van der Waals surface area contributed by atoms with Crippen molar-refractivity contribution in [2.75, 3.05) is 0 Å². The average Bonchev–Trinajstić information content (AvgIpc) is 2.05. The molecule has 62 valence electrons. The average molecular weight is 152 g/mol. The van der Waals surface area contributed by atoms with Gasteiger partial charge in [-0.1, -0.05) is 25.3 Å². The predicted octanol–water partition coefficient (Wildman–Crippen LogP) is 2.71. The van der Waals surface area contributed by atoms with Crippen molar-refractivity contribution >= 4 is 5.78 Å². The Bertz CT molecular complexity index is 164. The first-order valence-corrected chi connectivity index (χ1v) is 4.36. The van der Waals surface area contributed by atoms with E-state index < -0.39 is 0 Å². The van der Waals surface area contributed by atoms with Crippen LogP contribution in [0.2, 0.25) is 0 Å². The van der Waals surface area contributed by atoms with Crippen LogP contribution in [0.15, 0.2) is 12.7 Å². The van der Waals surface area contributed by atoms with Crippen molar-refractivity contribution in [1.82, 2.24) is 0 Å². The smallest absolute Gasteiger partial charge is 0.139 e. The third-order valence-corrected chi connectivity index (χ3v) is 2.84. The van der Waals surface area contributed by atoms with Gasteiger partial charge in [-0.05, 0) is 19.8 Å². The Kier molecular flexibility index (Phi) is 2.48. The number of hydrogen-bond acceptors (Lipinski definition) is 1. The quantitative estimate of drug-likeness (QED) is 0.556. The summed E-state index contributed by atoms with van der Waals surface area (Å²) < 4.78 is 0. The van der Waals surface area contributed by atoms with Crippen molar-refractivity contribution < 1.29 is 4.79 Å². The van der Waals surface area contributed by atoms with Crippen molar-refractivity contribution in [3.05, 3.63) is 12.7 Å². The van der Waals surface area contributed by atoms with Crippen molar-refractivity contribution in [2.24, 2.45) is 5.41 Å². The van der Waals surface area contributed by atoms with Crippen molar-refractivity contribution in [3.8, 4) is 0 Å². The molecule has 0 saturated heterocycles. The maximum absolute atomic E-state index is 11.3. The lowest BCUT2D eigenvalue weighted by Crippen LogP contribution is -2.29. The molecule has 1 aliphatic rings. The number of rotatable bonds is 2. The van der Waals surface area contributed by atoms with Gasteiger partial charge in [0.05, 0.1) is 0 Å². The van der Waals surface area contributed by atoms with Crippen molar-refractivity contribution in [3.63, 3.8) is 0 Å². The molecule has 0 amide bonds.